The maximum Gasteiger partial charge on any atom is 0.292 e. The summed E-state index contributed by atoms with van der Waals surface area (Å²) in [7, 11) is 0. The largest absolute Gasteiger partial charge is 0.392 e. The molecule has 6 nitrogen and oxygen atoms in total. The van der Waals surface area contributed by atoms with Crippen LogP contribution in [0.1, 0.15) is 30.0 Å². The van der Waals surface area contributed by atoms with Gasteiger partial charge in [-0.2, -0.15) is 0 Å². The molecule has 0 atom stereocenters. The lowest BCUT2D eigenvalue weighted by Gasteiger charge is -2.12. The van der Waals surface area contributed by atoms with Crippen molar-refractivity contribution in [2.75, 3.05) is 11.9 Å². The van der Waals surface area contributed by atoms with E-state index in [0.717, 1.165) is 17.5 Å². The third-order valence-electron chi connectivity index (χ3n) is 3.63. The highest BCUT2D eigenvalue weighted by molar-refractivity contribution is 5.63. The van der Waals surface area contributed by atoms with E-state index < -0.39 is 4.92 Å². The maximum absolute atomic E-state index is 11.2. The smallest absolute Gasteiger partial charge is 0.292 e. The molecule has 2 aromatic rings. The van der Waals surface area contributed by atoms with Crippen molar-refractivity contribution in [3.63, 3.8) is 0 Å². The molecular weight excluding hydrogens is 308 g/mol. The average Bonchev–Trinajstić information content (AvgIpc) is 2.60. The van der Waals surface area contributed by atoms with Crippen LogP contribution in [0.2, 0.25) is 0 Å². The number of aliphatic hydroxyl groups excluding tert-OH is 1. The zero-order valence-electron chi connectivity index (χ0n) is 13.7. The van der Waals surface area contributed by atoms with Crippen LogP contribution in [0.3, 0.4) is 0 Å². The standard InChI is InChI=1S/C18H22N2O4/c1-2-9-24-13-16-6-4-3-5-15(16)11-19-17-10-14(12-21)7-8-18(17)20(22)23/h3-8,10,19,21H,2,9,11-13H2,1H3. The molecule has 0 aliphatic rings. The highest BCUT2D eigenvalue weighted by Gasteiger charge is 2.14. The van der Waals surface area contributed by atoms with E-state index in [1.54, 1.807) is 12.1 Å². The van der Waals surface area contributed by atoms with E-state index in [0.29, 0.717) is 31.0 Å². The molecule has 2 rings (SSSR count). The number of benzene rings is 2. The molecule has 0 saturated carbocycles. The Morgan fingerprint density at radius 2 is 1.96 bits per heavy atom. The Balaban J connectivity index is 2.14. The van der Waals surface area contributed by atoms with Gasteiger partial charge in [-0.25, -0.2) is 0 Å². The van der Waals surface area contributed by atoms with Crippen LogP contribution in [0.4, 0.5) is 11.4 Å². The van der Waals surface area contributed by atoms with Gasteiger partial charge >= 0.3 is 0 Å². The van der Waals surface area contributed by atoms with E-state index in [4.69, 9.17) is 4.74 Å². The molecule has 0 spiro atoms. The first-order chi connectivity index (χ1) is 11.7. The highest BCUT2D eigenvalue weighted by Crippen LogP contribution is 2.26. The van der Waals surface area contributed by atoms with Crippen LogP contribution in [-0.4, -0.2) is 16.6 Å². The van der Waals surface area contributed by atoms with Crippen molar-refractivity contribution in [2.45, 2.75) is 33.1 Å². The molecule has 0 radical (unpaired) electrons. The summed E-state index contributed by atoms with van der Waals surface area (Å²) >= 11 is 0. The van der Waals surface area contributed by atoms with Crippen molar-refractivity contribution in [3.05, 3.63) is 69.3 Å². The molecule has 0 fully saturated rings. The third kappa shape index (κ3) is 4.78. The van der Waals surface area contributed by atoms with Crippen molar-refractivity contribution in [3.8, 4) is 0 Å². The number of nitro groups is 1. The number of anilines is 1. The van der Waals surface area contributed by atoms with E-state index in [1.165, 1.54) is 6.07 Å². The normalized spacial score (nSPS) is 10.6. The van der Waals surface area contributed by atoms with Crippen molar-refractivity contribution < 1.29 is 14.8 Å². The summed E-state index contributed by atoms with van der Waals surface area (Å²) in [6.07, 6.45) is 0.959. The van der Waals surface area contributed by atoms with Crippen LogP contribution in [0.5, 0.6) is 0 Å². The van der Waals surface area contributed by atoms with E-state index >= 15 is 0 Å². The lowest BCUT2D eigenvalue weighted by Crippen LogP contribution is -2.06. The first-order valence-electron chi connectivity index (χ1n) is 7.92. The van der Waals surface area contributed by atoms with Gasteiger partial charge in [0.05, 0.1) is 18.1 Å². The quantitative estimate of drug-likeness (QED) is 0.417. The molecule has 6 heteroatoms. The van der Waals surface area contributed by atoms with Crippen LogP contribution in [-0.2, 0) is 24.5 Å². The fourth-order valence-corrected chi connectivity index (χ4v) is 2.37. The second kappa shape index (κ2) is 9.00. The van der Waals surface area contributed by atoms with E-state index in [2.05, 4.69) is 12.2 Å². The van der Waals surface area contributed by atoms with Gasteiger partial charge in [0.1, 0.15) is 5.69 Å². The molecule has 0 saturated heterocycles. The van der Waals surface area contributed by atoms with Gasteiger partial charge in [-0.1, -0.05) is 31.2 Å². The zero-order chi connectivity index (χ0) is 17.4. The van der Waals surface area contributed by atoms with Crippen LogP contribution in [0.25, 0.3) is 0 Å². The highest BCUT2D eigenvalue weighted by atomic mass is 16.6. The van der Waals surface area contributed by atoms with Gasteiger partial charge in [-0.3, -0.25) is 10.1 Å². The summed E-state index contributed by atoms with van der Waals surface area (Å²) < 4.78 is 5.59. The lowest BCUT2D eigenvalue weighted by atomic mass is 10.1. The summed E-state index contributed by atoms with van der Waals surface area (Å²) in [4.78, 5) is 10.7. The Labute approximate surface area is 141 Å². The summed E-state index contributed by atoms with van der Waals surface area (Å²) in [6.45, 7) is 3.56. The number of ether oxygens (including phenoxy) is 1. The molecule has 0 amide bonds. The minimum Gasteiger partial charge on any atom is -0.392 e. The minimum absolute atomic E-state index is 0.00749. The first-order valence-corrected chi connectivity index (χ1v) is 7.92. The Morgan fingerprint density at radius 3 is 2.62 bits per heavy atom. The molecule has 0 bridgehead atoms. The third-order valence-corrected chi connectivity index (χ3v) is 3.63. The van der Waals surface area contributed by atoms with Crippen molar-refractivity contribution >= 4 is 11.4 Å². The minimum atomic E-state index is -0.431. The van der Waals surface area contributed by atoms with Crippen LogP contribution in [0, 0.1) is 10.1 Å². The number of hydrogen-bond acceptors (Lipinski definition) is 5. The van der Waals surface area contributed by atoms with Gasteiger partial charge in [-0.15, -0.1) is 0 Å². The van der Waals surface area contributed by atoms with Gasteiger partial charge in [0.2, 0.25) is 0 Å². The molecule has 128 valence electrons. The topological polar surface area (TPSA) is 84.6 Å². The predicted octanol–water partition coefficient (Wildman–Crippen LogP) is 3.63. The van der Waals surface area contributed by atoms with Crippen molar-refractivity contribution in [1.29, 1.82) is 0 Å². The van der Waals surface area contributed by atoms with Gasteiger partial charge in [0.25, 0.3) is 5.69 Å². The van der Waals surface area contributed by atoms with Crippen molar-refractivity contribution in [1.82, 2.24) is 0 Å². The van der Waals surface area contributed by atoms with Gasteiger partial charge < -0.3 is 15.2 Å². The Kier molecular flexibility index (Phi) is 6.72. The number of nitrogens with one attached hydrogen (secondary N) is 1. The number of aliphatic hydroxyl groups is 1. The monoisotopic (exact) mass is 330 g/mol. The molecule has 0 unspecified atom stereocenters. The Morgan fingerprint density at radius 1 is 1.21 bits per heavy atom. The van der Waals surface area contributed by atoms with Crippen LogP contribution >= 0.6 is 0 Å². The molecule has 2 N–H and O–H groups in total. The number of hydrogen-bond donors (Lipinski definition) is 2. The molecule has 2 aromatic carbocycles. The van der Waals surface area contributed by atoms with Gasteiger partial charge in [0, 0.05) is 19.2 Å². The van der Waals surface area contributed by atoms with Crippen molar-refractivity contribution in [2.24, 2.45) is 0 Å². The van der Waals surface area contributed by atoms with E-state index in [9.17, 15) is 15.2 Å². The van der Waals surface area contributed by atoms with Crippen LogP contribution in [0.15, 0.2) is 42.5 Å². The van der Waals surface area contributed by atoms with E-state index in [-0.39, 0.29) is 12.3 Å². The Bertz CT molecular complexity index is 688. The SMILES string of the molecule is CCCOCc1ccccc1CNc1cc(CO)ccc1[N+](=O)[O-]. The Hall–Kier alpha value is -2.44. The molecule has 0 aromatic heterocycles. The zero-order valence-corrected chi connectivity index (χ0v) is 13.7. The summed E-state index contributed by atoms with van der Waals surface area (Å²) in [5.41, 5.74) is 3.10. The summed E-state index contributed by atoms with van der Waals surface area (Å²) in [6, 6.07) is 12.4. The summed E-state index contributed by atoms with van der Waals surface area (Å²) in [5.74, 6) is 0. The molecule has 0 aliphatic heterocycles. The second-order valence-corrected chi connectivity index (χ2v) is 5.44. The van der Waals surface area contributed by atoms with Crippen LogP contribution < -0.4 is 5.32 Å². The number of nitrogens with zero attached hydrogens (tertiary/aromatic N) is 1. The maximum atomic E-state index is 11.2. The molecule has 0 aliphatic carbocycles. The van der Waals surface area contributed by atoms with E-state index in [1.807, 2.05) is 24.3 Å². The molecule has 24 heavy (non-hydrogen) atoms. The fourth-order valence-electron chi connectivity index (χ4n) is 2.37. The first kappa shape index (κ1) is 17.9. The number of nitro benzene ring substituents is 1. The fraction of sp³-hybridized carbons (Fsp3) is 0.333. The lowest BCUT2D eigenvalue weighted by molar-refractivity contribution is -0.384. The second-order valence-electron chi connectivity index (χ2n) is 5.44. The van der Waals surface area contributed by atoms with Gasteiger partial charge in [0.15, 0.2) is 0 Å². The predicted molar refractivity (Wildman–Crippen MR) is 92.7 cm³/mol. The average molecular weight is 330 g/mol. The van der Waals surface area contributed by atoms with Gasteiger partial charge in [-0.05, 0) is 35.2 Å². The summed E-state index contributed by atoms with van der Waals surface area (Å²) in [5, 5.41) is 23.5. The number of rotatable bonds is 9. The molecule has 0 heterocycles. The molecular formula is C18H22N2O4.